The van der Waals surface area contributed by atoms with E-state index in [1.165, 1.54) is 0 Å². The number of carbonyl (C=O) groups excluding carboxylic acids is 1. The average Bonchev–Trinajstić information content (AvgIpc) is 2.96. The van der Waals surface area contributed by atoms with Crippen LogP contribution in [-0.2, 0) is 9.53 Å². The number of hydrogen-bond donors (Lipinski definition) is 2. The SMILES string of the molecule is O=C(O)CNC(=O)c1cccc(OC[C@H]2CCCO2)c1. The molecular weight excluding hydrogens is 262 g/mol. The van der Waals surface area contributed by atoms with Crippen molar-refractivity contribution in [2.75, 3.05) is 19.8 Å². The van der Waals surface area contributed by atoms with Gasteiger partial charge in [-0.25, -0.2) is 0 Å². The summed E-state index contributed by atoms with van der Waals surface area (Å²) in [7, 11) is 0. The molecule has 1 aromatic rings. The Morgan fingerprint density at radius 2 is 2.30 bits per heavy atom. The van der Waals surface area contributed by atoms with Gasteiger partial charge in [-0.1, -0.05) is 6.07 Å². The predicted octanol–water partition coefficient (Wildman–Crippen LogP) is 1.06. The number of rotatable bonds is 6. The lowest BCUT2D eigenvalue weighted by Gasteiger charge is -2.12. The number of hydrogen-bond acceptors (Lipinski definition) is 4. The van der Waals surface area contributed by atoms with Gasteiger partial charge in [-0.15, -0.1) is 0 Å². The molecule has 20 heavy (non-hydrogen) atoms. The van der Waals surface area contributed by atoms with Crippen molar-refractivity contribution in [3.63, 3.8) is 0 Å². The first-order chi connectivity index (χ1) is 9.65. The van der Waals surface area contributed by atoms with Crippen molar-refractivity contribution in [1.29, 1.82) is 0 Å². The molecule has 0 aliphatic carbocycles. The second-order valence-electron chi connectivity index (χ2n) is 4.55. The maximum Gasteiger partial charge on any atom is 0.322 e. The molecule has 1 aromatic carbocycles. The molecule has 0 radical (unpaired) electrons. The fourth-order valence-electron chi connectivity index (χ4n) is 1.95. The molecule has 2 rings (SSSR count). The topological polar surface area (TPSA) is 84.9 Å². The van der Waals surface area contributed by atoms with E-state index in [0.29, 0.717) is 17.9 Å². The zero-order valence-corrected chi connectivity index (χ0v) is 11.0. The summed E-state index contributed by atoms with van der Waals surface area (Å²) in [6, 6.07) is 6.64. The Hall–Kier alpha value is -2.08. The van der Waals surface area contributed by atoms with Gasteiger partial charge in [0.15, 0.2) is 0 Å². The molecular formula is C14H17NO5. The van der Waals surface area contributed by atoms with E-state index in [2.05, 4.69) is 5.32 Å². The molecule has 1 aliphatic heterocycles. The average molecular weight is 279 g/mol. The van der Waals surface area contributed by atoms with Crippen molar-refractivity contribution < 1.29 is 24.2 Å². The number of carboxylic acid groups (broad SMARTS) is 1. The highest BCUT2D eigenvalue weighted by atomic mass is 16.5. The van der Waals surface area contributed by atoms with E-state index in [1.54, 1.807) is 24.3 Å². The van der Waals surface area contributed by atoms with Gasteiger partial charge in [0.05, 0.1) is 6.10 Å². The number of ether oxygens (including phenoxy) is 2. The molecule has 1 heterocycles. The van der Waals surface area contributed by atoms with E-state index in [-0.39, 0.29) is 6.10 Å². The highest BCUT2D eigenvalue weighted by Crippen LogP contribution is 2.17. The summed E-state index contributed by atoms with van der Waals surface area (Å²) in [5.74, 6) is -0.942. The second-order valence-corrected chi connectivity index (χ2v) is 4.55. The molecule has 1 aliphatic rings. The van der Waals surface area contributed by atoms with Gasteiger partial charge in [-0.05, 0) is 31.0 Å². The lowest BCUT2D eigenvalue weighted by atomic mass is 10.2. The van der Waals surface area contributed by atoms with Crippen molar-refractivity contribution in [3.05, 3.63) is 29.8 Å². The smallest absolute Gasteiger partial charge is 0.322 e. The van der Waals surface area contributed by atoms with Crippen LogP contribution in [0.2, 0.25) is 0 Å². The number of carbonyl (C=O) groups is 2. The zero-order chi connectivity index (χ0) is 14.4. The predicted molar refractivity (Wildman–Crippen MR) is 70.9 cm³/mol. The fourth-order valence-corrected chi connectivity index (χ4v) is 1.95. The maximum atomic E-state index is 11.7. The van der Waals surface area contributed by atoms with Crippen LogP contribution in [0.1, 0.15) is 23.2 Å². The Kier molecular flexibility index (Phi) is 4.95. The first-order valence-electron chi connectivity index (χ1n) is 6.49. The molecule has 6 nitrogen and oxygen atoms in total. The van der Waals surface area contributed by atoms with Crippen LogP contribution in [0.3, 0.4) is 0 Å². The normalized spacial score (nSPS) is 17.7. The van der Waals surface area contributed by atoms with Crippen LogP contribution in [-0.4, -0.2) is 42.8 Å². The van der Waals surface area contributed by atoms with Crippen LogP contribution in [0.4, 0.5) is 0 Å². The van der Waals surface area contributed by atoms with Crippen molar-refractivity contribution >= 4 is 11.9 Å². The van der Waals surface area contributed by atoms with Crippen LogP contribution in [0.5, 0.6) is 5.75 Å². The van der Waals surface area contributed by atoms with Gasteiger partial charge in [0.1, 0.15) is 18.9 Å². The third-order valence-electron chi connectivity index (χ3n) is 2.96. The molecule has 1 saturated heterocycles. The van der Waals surface area contributed by atoms with E-state index in [9.17, 15) is 9.59 Å². The quantitative estimate of drug-likeness (QED) is 0.813. The molecule has 108 valence electrons. The monoisotopic (exact) mass is 279 g/mol. The first kappa shape index (κ1) is 14.3. The van der Waals surface area contributed by atoms with Gasteiger partial charge in [0.2, 0.25) is 0 Å². The van der Waals surface area contributed by atoms with Crippen molar-refractivity contribution in [2.45, 2.75) is 18.9 Å². The van der Waals surface area contributed by atoms with Crippen molar-refractivity contribution in [2.24, 2.45) is 0 Å². The van der Waals surface area contributed by atoms with Crippen LogP contribution in [0.25, 0.3) is 0 Å². The van der Waals surface area contributed by atoms with Gasteiger partial charge in [0.25, 0.3) is 5.91 Å². The minimum Gasteiger partial charge on any atom is -0.491 e. The summed E-state index contributed by atoms with van der Waals surface area (Å²) < 4.78 is 11.0. The summed E-state index contributed by atoms with van der Waals surface area (Å²) in [4.78, 5) is 22.1. The third-order valence-corrected chi connectivity index (χ3v) is 2.96. The van der Waals surface area contributed by atoms with Crippen LogP contribution >= 0.6 is 0 Å². The van der Waals surface area contributed by atoms with Gasteiger partial charge < -0.3 is 19.9 Å². The Balaban J connectivity index is 1.89. The standard InChI is InChI=1S/C14H17NO5/c16-13(17)8-15-14(18)10-3-1-4-11(7-10)20-9-12-5-2-6-19-12/h1,3-4,7,12H,2,5-6,8-9H2,(H,15,18)(H,16,17)/t12-/m1/s1. The van der Waals surface area contributed by atoms with Gasteiger partial charge in [0, 0.05) is 12.2 Å². The molecule has 1 amide bonds. The van der Waals surface area contributed by atoms with E-state index >= 15 is 0 Å². The minimum atomic E-state index is -1.08. The zero-order valence-electron chi connectivity index (χ0n) is 11.0. The molecule has 0 bridgehead atoms. The summed E-state index contributed by atoms with van der Waals surface area (Å²) in [5, 5.41) is 10.8. The maximum absolute atomic E-state index is 11.7. The Morgan fingerprint density at radius 1 is 1.45 bits per heavy atom. The largest absolute Gasteiger partial charge is 0.491 e. The lowest BCUT2D eigenvalue weighted by molar-refractivity contribution is -0.135. The fraction of sp³-hybridized carbons (Fsp3) is 0.429. The van der Waals surface area contributed by atoms with E-state index in [0.717, 1.165) is 19.4 Å². The van der Waals surface area contributed by atoms with Crippen molar-refractivity contribution in [1.82, 2.24) is 5.32 Å². The van der Waals surface area contributed by atoms with E-state index < -0.39 is 18.4 Å². The van der Waals surface area contributed by atoms with Crippen LogP contribution < -0.4 is 10.1 Å². The number of aliphatic carboxylic acids is 1. The first-order valence-corrected chi connectivity index (χ1v) is 6.49. The Labute approximate surface area is 116 Å². The number of benzene rings is 1. The van der Waals surface area contributed by atoms with Crippen LogP contribution in [0, 0.1) is 0 Å². The minimum absolute atomic E-state index is 0.111. The van der Waals surface area contributed by atoms with E-state index in [1.807, 2.05) is 0 Å². The van der Waals surface area contributed by atoms with Gasteiger partial charge >= 0.3 is 5.97 Å². The number of carboxylic acids is 1. The summed E-state index contributed by atoms with van der Waals surface area (Å²) in [5.41, 5.74) is 0.371. The Bertz CT molecular complexity index is 482. The highest BCUT2D eigenvalue weighted by molar-refractivity contribution is 5.96. The Morgan fingerprint density at radius 3 is 3.00 bits per heavy atom. The molecule has 0 aromatic heterocycles. The van der Waals surface area contributed by atoms with E-state index in [4.69, 9.17) is 14.6 Å². The summed E-state index contributed by atoms with van der Waals surface area (Å²) in [6.45, 7) is 0.825. The molecule has 1 atom stereocenters. The molecule has 6 heteroatoms. The number of nitrogens with one attached hydrogen (secondary N) is 1. The van der Waals surface area contributed by atoms with Crippen molar-refractivity contribution in [3.8, 4) is 5.75 Å². The summed E-state index contributed by atoms with van der Waals surface area (Å²) >= 11 is 0. The lowest BCUT2D eigenvalue weighted by Crippen LogP contribution is -2.29. The number of amides is 1. The van der Waals surface area contributed by atoms with Gasteiger partial charge in [-0.3, -0.25) is 9.59 Å². The third kappa shape index (κ3) is 4.24. The second kappa shape index (κ2) is 6.91. The molecule has 1 fully saturated rings. The molecule has 0 unspecified atom stereocenters. The molecule has 2 N–H and O–H groups in total. The summed E-state index contributed by atoms with van der Waals surface area (Å²) in [6.07, 6.45) is 2.14. The molecule has 0 saturated carbocycles. The van der Waals surface area contributed by atoms with Crippen LogP contribution in [0.15, 0.2) is 24.3 Å². The van der Waals surface area contributed by atoms with Gasteiger partial charge in [-0.2, -0.15) is 0 Å². The highest BCUT2D eigenvalue weighted by Gasteiger charge is 2.16. The molecule has 0 spiro atoms.